The van der Waals surface area contributed by atoms with Crippen molar-refractivity contribution in [2.45, 2.75) is 77.7 Å². The summed E-state index contributed by atoms with van der Waals surface area (Å²) in [5.74, 6) is 2.20. The topological polar surface area (TPSA) is 138 Å². The molecule has 2 N–H and O–H groups in total. The number of primary amides is 1. The highest BCUT2D eigenvalue weighted by Gasteiger charge is 2.40. The van der Waals surface area contributed by atoms with Crippen molar-refractivity contribution in [3.63, 3.8) is 0 Å². The number of hydrogen-bond donors (Lipinski definition) is 1. The molecule has 1 saturated carbocycles. The number of imidazole rings is 1. The molecule has 3 amide bonds. The van der Waals surface area contributed by atoms with Gasteiger partial charge in [0.1, 0.15) is 28.1 Å². The Bertz CT molecular complexity index is 1730. The molecule has 1 aromatic carbocycles. The van der Waals surface area contributed by atoms with E-state index in [-0.39, 0.29) is 41.7 Å². The Balaban J connectivity index is 1.56. The summed E-state index contributed by atoms with van der Waals surface area (Å²) in [6.45, 7) is 10.6. The lowest BCUT2D eigenvalue weighted by Crippen LogP contribution is -2.53. The maximum atomic E-state index is 15.4. The zero-order valence-electron chi connectivity index (χ0n) is 25.7. The van der Waals surface area contributed by atoms with E-state index in [2.05, 4.69) is 21.9 Å². The molecule has 2 fully saturated rings. The van der Waals surface area contributed by atoms with Crippen molar-refractivity contribution in [3.8, 4) is 11.8 Å². The fraction of sp³-hybridized carbons (Fsp3) is 0.500. The van der Waals surface area contributed by atoms with Crippen molar-refractivity contribution in [1.29, 1.82) is 0 Å². The van der Waals surface area contributed by atoms with Crippen molar-refractivity contribution in [1.82, 2.24) is 24.2 Å². The van der Waals surface area contributed by atoms with Gasteiger partial charge in [-0.2, -0.15) is 5.10 Å². The van der Waals surface area contributed by atoms with Gasteiger partial charge in [0.05, 0.1) is 23.4 Å². The minimum absolute atomic E-state index is 0.0229. The van der Waals surface area contributed by atoms with Crippen LogP contribution in [-0.2, 0) is 9.47 Å². The second-order valence-corrected chi connectivity index (χ2v) is 13.0. The highest BCUT2D eigenvalue weighted by molar-refractivity contribution is 6.03. The summed E-state index contributed by atoms with van der Waals surface area (Å²) in [5, 5.41) is 4.44. The van der Waals surface area contributed by atoms with Crippen LogP contribution in [0, 0.1) is 23.5 Å². The van der Waals surface area contributed by atoms with Crippen molar-refractivity contribution >= 4 is 34.9 Å². The molecule has 12 nitrogen and oxygen atoms in total. The SMILES string of the molecule is CN(C(=O)OC(C)(C)C)c1c(C(N)=O)c(C#Cc2c(F)cc3c(ncn3C3CC3)c2F)nn1C1CN(C(=O)OC(C)(C)C)C1. The number of anilines is 1. The van der Waals surface area contributed by atoms with E-state index in [4.69, 9.17) is 15.2 Å². The number of nitrogens with two attached hydrogens (primary N) is 1. The van der Waals surface area contributed by atoms with Gasteiger partial charge in [0.2, 0.25) is 0 Å². The molecule has 3 aromatic rings. The predicted molar refractivity (Wildman–Crippen MR) is 156 cm³/mol. The standard InChI is InChI=1S/C30H35F2N7O5/c1-29(2,3)43-27(41)36(7)26-22(25(33)40)20(35-39(26)17-13-37(14-17)28(42)44-30(4,5)6)11-10-18-19(31)12-21-24(23(18)32)34-15-38(21)16-8-9-16/h12,15-17H,8-9,13-14H2,1-7H3,(H2,33,40). The van der Waals surface area contributed by atoms with Gasteiger partial charge in [-0.25, -0.2) is 28.0 Å². The summed E-state index contributed by atoms with van der Waals surface area (Å²) in [6, 6.07) is 0.839. The molecular weight excluding hydrogens is 576 g/mol. The summed E-state index contributed by atoms with van der Waals surface area (Å²) < 4.78 is 44.6. The van der Waals surface area contributed by atoms with E-state index >= 15 is 8.78 Å². The summed E-state index contributed by atoms with van der Waals surface area (Å²) in [6.07, 6.45) is 1.95. The molecule has 1 saturated heterocycles. The molecule has 2 aliphatic rings. The van der Waals surface area contributed by atoms with Gasteiger partial charge in [-0.05, 0) is 60.3 Å². The van der Waals surface area contributed by atoms with Crippen molar-refractivity contribution in [3.05, 3.63) is 40.8 Å². The monoisotopic (exact) mass is 611 g/mol. The minimum Gasteiger partial charge on any atom is -0.444 e. The van der Waals surface area contributed by atoms with E-state index in [9.17, 15) is 14.4 Å². The molecule has 0 radical (unpaired) electrons. The van der Waals surface area contributed by atoms with Gasteiger partial charge in [0, 0.05) is 32.2 Å². The Morgan fingerprint density at radius 2 is 1.66 bits per heavy atom. The van der Waals surface area contributed by atoms with Crippen LogP contribution >= 0.6 is 0 Å². The number of benzene rings is 1. The Hall–Kier alpha value is -4.67. The summed E-state index contributed by atoms with van der Waals surface area (Å²) >= 11 is 0. The number of nitrogens with zero attached hydrogens (tertiary/aromatic N) is 6. The molecular formula is C30H35F2N7O5. The number of fused-ring (bicyclic) bond motifs is 1. The van der Waals surface area contributed by atoms with E-state index in [0.717, 1.165) is 17.7 Å². The number of aromatic nitrogens is 4. The van der Waals surface area contributed by atoms with Gasteiger partial charge in [0.15, 0.2) is 17.3 Å². The third-order valence-electron chi connectivity index (χ3n) is 6.98. The molecule has 1 aliphatic carbocycles. The molecule has 2 aromatic heterocycles. The minimum atomic E-state index is -0.978. The largest absolute Gasteiger partial charge is 0.444 e. The zero-order chi connectivity index (χ0) is 32.3. The molecule has 234 valence electrons. The van der Waals surface area contributed by atoms with E-state index in [0.29, 0.717) is 5.52 Å². The highest BCUT2D eigenvalue weighted by Crippen LogP contribution is 2.38. The van der Waals surface area contributed by atoms with Crippen LogP contribution < -0.4 is 10.6 Å². The molecule has 0 atom stereocenters. The van der Waals surface area contributed by atoms with Crippen LogP contribution in [0.15, 0.2) is 12.4 Å². The van der Waals surface area contributed by atoms with Gasteiger partial charge >= 0.3 is 12.2 Å². The van der Waals surface area contributed by atoms with Gasteiger partial charge < -0.3 is 24.7 Å². The molecule has 0 bridgehead atoms. The fourth-order valence-corrected chi connectivity index (χ4v) is 4.80. The summed E-state index contributed by atoms with van der Waals surface area (Å²) in [5.41, 5.74) is 3.48. The van der Waals surface area contributed by atoms with E-state index in [1.807, 2.05) is 0 Å². The molecule has 0 spiro atoms. The smallest absolute Gasteiger partial charge is 0.415 e. The van der Waals surface area contributed by atoms with Crippen LogP contribution in [0.5, 0.6) is 0 Å². The summed E-state index contributed by atoms with van der Waals surface area (Å²) in [7, 11) is 1.37. The summed E-state index contributed by atoms with van der Waals surface area (Å²) in [4.78, 5) is 45.1. The molecule has 1 aliphatic heterocycles. The lowest BCUT2D eigenvalue weighted by atomic mass is 10.1. The van der Waals surface area contributed by atoms with Crippen LogP contribution in [-0.4, -0.2) is 73.7 Å². The number of carbonyl (C=O) groups excluding carboxylic acids is 3. The Labute approximate surface area is 253 Å². The van der Waals surface area contributed by atoms with E-state index < -0.39 is 52.5 Å². The third-order valence-corrected chi connectivity index (χ3v) is 6.98. The zero-order valence-corrected chi connectivity index (χ0v) is 25.7. The number of hydrogen-bond acceptors (Lipinski definition) is 7. The fourth-order valence-electron chi connectivity index (χ4n) is 4.80. The number of amides is 3. The third kappa shape index (κ3) is 6.04. The number of halogens is 2. The van der Waals surface area contributed by atoms with Crippen LogP contribution in [0.4, 0.5) is 24.2 Å². The second kappa shape index (κ2) is 10.8. The van der Waals surface area contributed by atoms with E-state index in [1.54, 1.807) is 46.1 Å². The lowest BCUT2D eigenvalue weighted by Gasteiger charge is -2.40. The number of ether oxygens (including phenoxy) is 2. The van der Waals surface area contributed by atoms with Crippen LogP contribution in [0.2, 0.25) is 0 Å². The maximum Gasteiger partial charge on any atom is 0.415 e. The highest BCUT2D eigenvalue weighted by atomic mass is 19.1. The van der Waals surface area contributed by atoms with Crippen LogP contribution in [0.3, 0.4) is 0 Å². The Morgan fingerprint density at radius 3 is 2.23 bits per heavy atom. The van der Waals surface area contributed by atoms with Gasteiger partial charge in [-0.15, -0.1) is 0 Å². The molecule has 0 unspecified atom stereocenters. The molecule has 3 heterocycles. The maximum absolute atomic E-state index is 15.4. The average Bonchev–Trinajstić information content (AvgIpc) is 3.50. The number of carbonyl (C=O) groups is 3. The van der Waals surface area contributed by atoms with Gasteiger partial charge in [0.25, 0.3) is 5.91 Å². The van der Waals surface area contributed by atoms with Gasteiger partial charge in [-0.3, -0.25) is 9.69 Å². The molecule has 5 rings (SSSR count). The lowest BCUT2D eigenvalue weighted by molar-refractivity contribution is -0.000395. The van der Waals surface area contributed by atoms with Crippen LogP contribution in [0.1, 0.15) is 88.1 Å². The first-order valence-corrected chi connectivity index (χ1v) is 14.2. The molecule has 14 heteroatoms. The van der Waals surface area contributed by atoms with Crippen molar-refractivity contribution < 1.29 is 32.6 Å². The predicted octanol–water partition coefficient (Wildman–Crippen LogP) is 4.51. The van der Waals surface area contributed by atoms with Crippen molar-refractivity contribution in [2.75, 3.05) is 25.0 Å². The first-order chi connectivity index (χ1) is 20.4. The van der Waals surface area contributed by atoms with Gasteiger partial charge in [-0.1, -0.05) is 5.92 Å². The van der Waals surface area contributed by atoms with E-state index in [1.165, 1.54) is 29.0 Å². The number of rotatable bonds is 4. The quantitative estimate of drug-likeness (QED) is 0.429. The Morgan fingerprint density at radius 1 is 1.02 bits per heavy atom. The second-order valence-electron chi connectivity index (χ2n) is 13.0. The van der Waals surface area contributed by atoms with Crippen molar-refractivity contribution in [2.24, 2.45) is 5.73 Å². The molecule has 44 heavy (non-hydrogen) atoms. The first kappa shape index (κ1) is 30.8. The number of likely N-dealkylation sites (tertiary alicyclic amines) is 1. The Kier molecular flexibility index (Phi) is 7.55. The van der Waals surface area contributed by atoms with Crippen LogP contribution in [0.25, 0.3) is 11.0 Å². The first-order valence-electron chi connectivity index (χ1n) is 14.2. The average molecular weight is 612 g/mol. The normalized spacial score (nSPS) is 15.4.